The Kier molecular flexibility index (Phi) is 4.32. The smallest absolute Gasteiger partial charge is 0.327 e. The van der Waals surface area contributed by atoms with Gasteiger partial charge >= 0.3 is 5.97 Å². The van der Waals surface area contributed by atoms with Crippen LogP contribution in [0.1, 0.15) is 6.42 Å². The molecule has 0 atom stereocenters. The van der Waals surface area contributed by atoms with E-state index >= 15 is 0 Å². The maximum atomic E-state index is 11.7. The standard InChI is InChI=1S/C14H11ClN2O3/c15-10-6-7-11(14-9(10)3-2-8-16-14)17-12(18)4-1-5-13(19)20/h1-3,5-8H,4H2,(H,17,18)(H,19,20)/b5-1+. The van der Waals surface area contributed by atoms with Crippen molar-refractivity contribution >= 4 is 40.1 Å². The van der Waals surface area contributed by atoms with Gasteiger partial charge in [-0.1, -0.05) is 17.7 Å². The summed E-state index contributed by atoms with van der Waals surface area (Å²) in [5, 5.41) is 12.4. The first-order valence-electron chi connectivity index (χ1n) is 5.80. The highest BCUT2D eigenvalue weighted by molar-refractivity contribution is 6.35. The van der Waals surface area contributed by atoms with Crippen LogP contribution in [-0.2, 0) is 9.59 Å². The van der Waals surface area contributed by atoms with E-state index in [4.69, 9.17) is 16.7 Å². The molecule has 2 N–H and O–H groups in total. The quantitative estimate of drug-likeness (QED) is 0.849. The monoisotopic (exact) mass is 290 g/mol. The van der Waals surface area contributed by atoms with E-state index in [2.05, 4.69) is 10.3 Å². The lowest BCUT2D eigenvalue weighted by Gasteiger charge is -2.08. The van der Waals surface area contributed by atoms with Crippen LogP contribution in [0.3, 0.4) is 0 Å². The molecule has 0 saturated carbocycles. The summed E-state index contributed by atoms with van der Waals surface area (Å²) in [4.78, 5) is 26.2. The number of hydrogen-bond acceptors (Lipinski definition) is 3. The largest absolute Gasteiger partial charge is 0.478 e. The number of hydrogen-bond donors (Lipinski definition) is 2. The summed E-state index contributed by atoms with van der Waals surface area (Å²) >= 11 is 6.05. The number of carbonyl (C=O) groups excluding carboxylic acids is 1. The van der Waals surface area contributed by atoms with Gasteiger partial charge in [0, 0.05) is 24.1 Å². The van der Waals surface area contributed by atoms with Crippen molar-refractivity contribution in [2.45, 2.75) is 6.42 Å². The Hall–Kier alpha value is -2.40. The van der Waals surface area contributed by atoms with Crippen molar-refractivity contribution in [3.63, 3.8) is 0 Å². The zero-order valence-corrected chi connectivity index (χ0v) is 11.1. The molecule has 0 saturated heterocycles. The molecule has 0 radical (unpaired) electrons. The number of pyridine rings is 1. The van der Waals surface area contributed by atoms with Gasteiger partial charge in [0.05, 0.1) is 16.2 Å². The van der Waals surface area contributed by atoms with Crippen molar-refractivity contribution in [3.8, 4) is 0 Å². The van der Waals surface area contributed by atoms with E-state index in [9.17, 15) is 9.59 Å². The Labute approximate surface area is 119 Å². The third-order valence-electron chi connectivity index (χ3n) is 2.55. The SMILES string of the molecule is O=C(O)/C=C/CC(=O)Nc1ccc(Cl)c2cccnc12. The Morgan fingerprint density at radius 1 is 1.35 bits per heavy atom. The zero-order chi connectivity index (χ0) is 14.5. The third-order valence-corrected chi connectivity index (χ3v) is 2.88. The molecule has 0 fully saturated rings. The molecular weight excluding hydrogens is 280 g/mol. The number of carboxylic acids is 1. The number of aliphatic carboxylic acids is 1. The van der Waals surface area contributed by atoms with Gasteiger partial charge in [-0.05, 0) is 24.3 Å². The third kappa shape index (κ3) is 3.33. The minimum atomic E-state index is -1.09. The van der Waals surface area contributed by atoms with Crippen LogP contribution in [-0.4, -0.2) is 22.0 Å². The summed E-state index contributed by atoms with van der Waals surface area (Å²) in [5.41, 5.74) is 1.13. The molecule has 2 aromatic rings. The number of amides is 1. The Bertz CT molecular complexity index is 698. The second-order valence-corrected chi connectivity index (χ2v) is 4.39. The van der Waals surface area contributed by atoms with Crippen LogP contribution >= 0.6 is 11.6 Å². The summed E-state index contributed by atoms with van der Waals surface area (Å²) in [7, 11) is 0. The van der Waals surface area contributed by atoms with E-state index in [1.165, 1.54) is 6.08 Å². The van der Waals surface area contributed by atoms with Crippen molar-refractivity contribution in [3.05, 3.63) is 47.6 Å². The Morgan fingerprint density at radius 3 is 2.90 bits per heavy atom. The highest BCUT2D eigenvalue weighted by Gasteiger charge is 2.08. The average molecular weight is 291 g/mol. The Morgan fingerprint density at radius 2 is 2.15 bits per heavy atom. The molecule has 1 heterocycles. The predicted octanol–water partition coefficient (Wildman–Crippen LogP) is 2.86. The second-order valence-electron chi connectivity index (χ2n) is 3.99. The first-order valence-corrected chi connectivity index (χ1v) is 6.18. The number of anilines is 1. The van der Waals surface area contributed by atoms with Gasteiger partial charge in [-0.3, -0.25) is 9.78 Å². The van der Waals surface area contributed by atoms with E-state index in [0.29, 0.717) is 16.2 Å². The minimum Gasteiger partial charge on any atom is -0.478 e. The first kappa shape index (κ1) is 14.0. The van der Waals surface area contributed by atoms with Crippen molar-refractivity contribution in [1.29, 1.82) is 0 Å². The topological polar surface area (TPSA) is 79.3 Å². The van der Waals surface area contributed by atoms with Crippen molar-refractivity contribution in [2.24, 2.45) is 0 Å². The molecule has 1 aromatic heterocycles. The molecule has 20 heavy (non-hydrogen) atoms. The van der Waals surface area contributed by atoms with Gasteiger partial charge in [-0.15, -0.1) is 0 Å². The zero-order valence-electron chi connectivity index (χ0n) is 10.3. The highest BCUT2D eigenvalue weighted by Crippen LogP contribution is 2.27. The minimum absolute atomic E-state index is 0.0246. The van der Waals surface area contributed by atoms with Gasteiger partial charge in [0.2, 0.25) is 5.91 Å². The number of fused-ring (bicyclic) bond motifs is 1. The molecule has 0 aliphatic carbocycles. The lowest BCUT2D eigenvalue weighted by atomic mass is 10.2. The van der Waals surface area contributed by atoms with Crippen molar-refractivity contribution < 1.29 is 14.7 Å². The van der Waals surface area contributed by atoms with E-state index in [1.807, 2.05) is 6.07 Å². The molecule has 0 aliphatic heterocycles. The molecular formula is C14H11ClN2O3. The number of halogens is 1. The van der Waals surface area contributed by atoms with Crippen molar-refractivity contribution in [1.82, 2.24) is 4.98 Å². The number of rotatable bonds is 4. The summed E-state index contributed by atoms with van der Waals surface area (Å²) in [6.07, 6.45) is 3.79. The summed E-state index contributed by atoms with van der Waals surface area (Å²) in [6, 6.07) is 6.91. The fraction of sp³-hybridized carbons (Fsp3) is 0.0714. The molecule has 0 spiro atoms. The number of carbonyl (C=O) groups is 2. The number of nitrogens with zero attached hydrogens (tertiary/aromatic N) is 1. The fourth-order valence-electron chi connectivity index (χ4n) is 1.71. The first-order chi connectivity index (χ1) is 9.58. The van der Waals surface area contributed by atoms with Gasteiger partial charge < -0.3 is 10.4 Å². The summed E-state index contributed by atoms with van der Waals surface area (Å²) in [5.74, 6) is -1.41. The van der Waals surface area contributed by atoms with Gasteiger partial charge in [0.25, 0.3) is 0 Å². The van der Waals surface area contributed by atoms with E-state index in [-0.39, 0.29) is 12.3 Å². The molecule has 1 aromatic carbocycles. The summed E-state index contributed by atoms with van der Waals surface area (Å²) < 4.78 is 0. The number of aromatic nitrogens is 1. The van der Waals surface area contributed by atoms with Crippen LogP contribution in [0.15, 0.2) is 42.6 Å². The molecule has 6 heteroatoms. The van der Waals surface area contributed by atoms with Crippen LogP contribution in [0.4, 0.5) is 5.69 Å². The molecule has 0 aliphatic rings. The van der Waals surface area contributed by atoms with E-state index in [1.54, 1.807) is 24.4 Å². The lowest BCUT2D eigenvalue weighted by molar-refractivity contribution is -0.131. The molecule has 102 valence electrons. The normalized spacial score (nSPS) is 10.8. The molecule has 2 rings (SSSR count). The van der Waals surface area contributed by atoms with E-state index in [0.717, 1.165) is 11.5 Å². The average Bonchev–Trinajstić information content (AvgIpc) is 2.42. The van der Waals surface area contributed by atoms with Gasteiger partial charge in [-0.2, -0.15) is 0 Å². The second kappa shape index (κ2) is 6.16. The van der Waals surface area contributed by atoms with Crippen LogP contribution in [0.5, 0.6) is 0 Å². The number of benzene rings is 1. The molecule has 0 bridgehead atoms. The molecule has 0 unspecified atom stereocenters. The maximum Gasteiger partial charge on any atom is 0.327 e. The lowest BCUT2D eigenvalue weighted by Crippen LogP contribution is -2.10. The van der Waals surface area contributed by atoms with Gasteiger partial charge in [0.1, 0.15) is 0 Å². The predicted molar refractivity (Wildman–Crippen MR) is 76.8 cm³/mol. The highest BCUT2D eigenvalue weighted by atomic mass is 35.5. The van der Waals surface area contributed by atoms with Crippen LogP contribution in [0.2, 0.25) is 5.02 Å². The van der Waals surface area contributed by atoms with E-state index < -0.39 is 5.97 Å². The van der Waals surface area contributed by atoms with Gasteiger partial charge in [-0.25, -0.2) is 4.79 Å². The van der Waals surface area contributed by atoms with Crippen LogP contribution in [0, 0.1) is 0 Å². The van der Waals surface area contributed by atoms with Crippen LogP contribution in [0.25, 0.3) is 10.9 Å². The summed E-state index contributed by atoms with van der Waals surface area (Å²) in [6.45, 7) is 0. The van der Waals surface area contributed by atoms with Crippen molar-refractivity contribution in [2.75, 3.05) is 5.32 Å². The van der Waals surface area contributed by atoms with Crippen LogP contribution < -0.4 is 5.32 Å². The maximum absolute atomic E-state index is 11.7. The van der Waals surface area contributed by atoms with Gasteiger partial charge in [0.15, 0.2) is 0 Å². The Balaban J connectivity index is 2.20. The molecule has 1 amide bonds. The number of carboxylic acid groups (broad SMARTS) is 1. The molecule has 5 nitrogen and oxygen atoms in total. The number of nitrogens with one attached hydrogen (secondary N) is 1. The fourth-order valence-corrected chi connectivity index (χ4v) is 1.92.